The quantitative estimate of drug-likeness (QED) is 0.743. The summed E-state index contributed by atoms with van der Waals surface area (Å²) in [5.41, 5.74) is 1.88. The van der Waals surface area contributed by atoms with Crippen LogP contribution in [0, 0.1) is 6.92 Å². The summed E-state index contributed by atoms with van der Waals surface area (Å²) in [4.78, 5) is 12.9. The average Bonchev–Trinajstić information content (AvgIpc) is 2.94. The third-order valence-electron chi connectivity index (χ3n) is 4.10. The molecule has 136 valence electrons. The summed E-state index contributed by atoms with van der Waals surface area (Å²) in [6, 6.07) is 11.7. The largest absolute Gasteiger partial charge is 0.497 e. The molecule has 6 nitrogen and oxygen atoms in total. The maximum atomic E-state index is 12.6. The summed E-state index contributed by atoms with van der Waals surface area (Å²) in [6.45, 7) is 2.02. The van der Waals surface area contributed by atoms with Gasteiger partial charge >= 0.3 is 0 Å². The van der Waals surface area contributed by atoms with Crippen molar-refractivity contribution in [1.29, 1.82) is 0 Å². The molecule has 0 atom stereocenters. The number of carbonyl (C=O) groups is 1. The van der Waals surface area contributed by atoms with Gasteiger partial charge in [0.05, 0.1) is 17.6 Å². The Morgan fingerprint density at radius 1 is 1.15 bits per heavy atom. The van der Waals surface area contributed by atoms with Crippen LogP contribution in [-0.4, -0.2) is 27.7 Å². The van der Waals surface area contributed by atoms with Crippen molar-refractivity contribution in [2.75, 3.05) is 13.4 Å². The van der Waals surface area contributed by atoms with Crippen LogP contribution in [0.2, 0.25) is 0 Å². The van der Waals surface area contributed by atoms with Crippen LogP contribution in [-0.2, 0) is 16.4 Å². The van der Waals surface area contributed by atoms with Gasteiger partial charge in [-0.25, -0.2) is 8.42 Å². The van der Waals surface area contributed by atoms with Gasteiger partial charge in [0.2, 0.25) is 0 Å². The minimum Gasteiger partial charge on any atom is -0.497 e. The van der Waals surface area contributed by atoms with Crippen LogP contribution in [0.5, 0.6) is 5.75 Å². The molecule has 0 bridgehead atoms. The fourth-order valence-electron chi connectivity index (χ4n) is 2.73. The van der Waals surface area contributed by atoms with E-state index in [1.165, 1.54) is 12.1 Å². The monoisotopic (exact) mass is 373 g/mol. The molecule has 1 amide bonds. The van der Waals surface area contributed by atoms with E-state index in [1.807, 2.05) is 0 Å². The Morgan fingerprint density at radius 2 is 1.85 bits per heavy atom. The first kappa shape index (κ1) is 18.0. The van der Waals surface area contributed by atoms with Gasteiger partial charge in [0, 0.05) is 18.2 Å². The third-order valence-corrected chi connectivity index (χ3v) is 5.23. The molecule has 1 heterocycles. The summed E-state index contributed by atoms with van der Waals surface area (Å²) >= 11 is 0. The Labute approximate surface area is 151 Å². The van der Waals surface area contributed by atoms with Crippen molar-refractivity contribution in [3.8, 4) is 5.75 Å². The molecule has 3 rings (SSSR count). The van der Waals surface area contributed by atoms with Crippen molar-refractivity contribution in [2.45, 2.75) is 18.4 Å². The molecule has 0 aliphatic rings. The van der Waals surface area contributed by atoms with Crippen LogP contribution in [0.15, 0.2) is 51.8 Å². The molecule has 0 aliphatic heterocycles. The highest BCUT2D eigenvalue weighted by Gasteiger charge is 2.18. The molecular weight excluding hydrogens is 354 g/mol. The highest BCUT2D eigenvalue weighted by Crippen LogP contribution is 2.29. The lowest BCUT2D eigenvalue weighted by atomic mass is 10.1. The van der Waals surface area contributed by atoms with Gasteiger partial charge in [-0.2, -0.15) is 0 Å². The molecule has 0 unspecified atom stereocenters. The molecule has 0 saturated carbocycles. The number of benzene rings is 2. The fourth-order valence-corrected chi connectivity index (χ4v) is 3.36. The zero-order chi connectivity index (χ0) is 18.9. The van der Waals surface area contributed by atoms with Gasteiger partial charge in [-0.15, -0.1) is 0 Å². The first-order chi connectivity index (χ1) is 12.3. The van der Waals surface area contributed by atoms with Gasteiger partial charge in [-0.3, -0.25) is 4.79 Å². The number of hydrogen-bond donors (Lipinski definition) is 1. The van der Waals surface area contributed by atoms with E-state index in [-0.39, 0.29) is 17.3 Å². The van der Waals surface area contributed by atoms with E-state index in [9.17, 15) is 13.2 Å². The first-order valence-corrected chi connectivity index (χ1v) is 9.83. The Morgan fingerprint density at radius 3 is 2.46 bits per heavy atom. The second kappa shape index (κ2) is 6.84. The molecule has 0 fully saturated rings. The topological polar surface area (TPSA) is 85.6 Å². The molecule has 0 aliphatic carbocycles. The van der Waals surface area contributed by atoms with Gasteiger partial charge in [-0.1, -0.05) is 12.1 Å². The molecule has 0 radical (unpaired) electrons. The maximum absolute atomic E-state index is 12.6. The predicted octanol–water partition coefficient (Wildman–Crippen LogP) is 3.08. The summed E-state index contributed by atoms with van der Waals surface area (Å²) in [6.07, 6.45) is 1.16. The number of nitrogens with one attached hydrogen (secondary N) is 1. The second-order valence-corrected chi connectivity index (χ2v) is 8.01. The van der Waals surface area contributed by atoms with Gasteiger partial charge in [0.25, 0.3) is 5.91 Å². The highest BCUT2D eigenvalue weighted by atomic mass is 32.2. The lowest BCUT2D eigenvalue weighted by Gasteiger charge is -2.06. The van der Waals surface area contributed by atoms with Crippen molar-refractivity contribution in [2.24, 2.45) is 0 Å². The van der Waals surface area contributed by atoms with E-state index in [4.69, 9.17) is 9.15 Å². The minimum atomic E-state index is -3.23. The Kier molecular flexibility index (Phi) is 4.73. The number of aryl methyl sites for hydroxylation is 1. The van der Waals surface area contributed by atoms with Crippen molar-refractivity contribution in [3.63, 3.8) is 0 Å². The lowest BCUT2D eigenvalue weighted by Crippen LogP contribution is -2.23. The van der Waals surface area contributed by atoms with E-state index in [0.717, 1.165) is 11.8 Å². The van der Waals surface area contributed by atoms with Gasteiger partial charge in [-0.05, 0) is 42.8 Å². The molecule has 1 N–H and O–H groups in total. The number of furan rings is 1. The Bertz CT molecular complexity index is 1070. The lowest BCUT2D eigenvalue weighted by molar-refractivity contribution is 0.0951. The standard InChI is InChI=1S/C19H19NO5S/c1-12-18(16-10-14(24-2)6-9-17(16)25-12)19(21)20-11-13-4-7-15(8-5-13)26(3,22)23/h4-10H,11H2,1-3H3,(H,20,21). The summed E-state index contributed by atoms with van der Waals surface area (Å²) in [5.74, 6) is 0.906. The van der Waals surface area contributed by atoms with E-state index in [2.05, 4.69) is 5.32 Å². The zero-order valence-corrected chi connectivity index (χ0v) is 15.5. The number of carbonyl (C=O) groups excluding carboxylic acids is 1. The minimum absolute atomic E-state index is 0.247. The van der Waals surface area contributed by atoms with Crippen LogP contribution in [0.4, 0.5) is 0 Å². The molecular formula is C19H19NO5S. The van der Waals surface area contributed by atoms with Gasteiger partial charge in [0.15, 0.2) is 9.84 Å². The molecule has 26 heavy (non-hydrogen) atoms. The highest BCUT2D eigenvalue weighted by molar-refractivity contribution is 7.90. The maximum Gasteiger partial charge on any atom is 0.255 e. The van der Waals surface area contributed by atoms with Crippen molar-refractivity contribution < 1.29 is 22.4 Å². The third kappa shape index (κ3) is 3.57. The number of hydrogen-bond acceptors (Lipinski definition) is 5. The van der Waals surface area contributed by atoms with Gasteiger partial charge in [0.1, 0.15) is 17.1 Å². The Hall–Kier alpha value is -2.80. The Balaban J connectivity index is 1.80. The zero-order valence-electron chi connectivity index (χ0n) is 14.7. The number of amides is 1. The summed E-state index contributed by atoms with van der Waals surface area (Å²) < 4.78 is 33.8. The number of methoxy groups -OCH3 is 1. The number of fused-ring (bicyclic) bond motifs is 1. The number of ether oxygens (including phenoxy) is 1. The molecule has 7 heteroatoms. The molecule has 0 saturated heterocycles. The van der Waals surface area contributed by atoms with E-state index < -0.39 is 9.84 Å². The van der Waals surface area contributed by atoms with Crippen LogP contribution < -0.4 is 10.1 Å². The van der Waals surface area contributed by atoms with Crippen LogP contribution in [0.3, 0.4) is 0 Å². The predicted molar refractivity (Wildman–Crippen MR) is 98.2 cm³/mol. The average molecular weight is 373 g/mol. The SMILES string of the molecule is COc1ccc2oc(C)c(C(=O)NCc3ccc(S(C)(=O)=O)cc3)c2c1. The van der Waals surface area contributed by atoms with Crippen molar-refractivity contribution >= 4 is 26.7 Å². The molecule has 2 aromatic carbocycles. The first-order valence-electron chi connectivity index (χ1n) is 7.94. The van der Waals surface area contributed by atoms with Crippen molar-refractivity contribution in [3.05, 3.63) is 59.4 Å². The van der Waals surface area contributed by atoms with E-state index in [1.54, 1.807) is 44.4 Å². The summed E-state index contributed by atoms with van der Waals surface area (Å²) in [5, 5.41) is 3.53. The van der Waals surface area contributed by atoms with Crippen molar-refractivity contribution in [1.82, 2.24) is 5.32 Å². The molecule has 0 spiro atoms. The summed E-state index contributed by atoms with van der Waals surface area (Å²) in [7, 11) is -1.67. The van der Waals surface area contributed by atoms with E-state index in [0.29, 0.717) is 28.0 Å². The number of sulfone groups is 1. The number of rotatable bonds is 5. The van der Waals surface area contributed by atoms with Crippen LogP contribution in [0.1, 0.15) is 21.7 Å². The molecule has 3 aromatic rings. The normalized spacial score (nSPS) is 11.5. The van der Waals surface area contributed by atoms with E-state index >= 15 is 0 Å². The molecule has 1 aromatic heterocycles. The fraction of sp³-hybridized carbons (Fsp3) is 0.211. The van der Waals surface area contributed by atoms with Crippen LogP contribution in [0.25, 0.3) is 11.0 Å². The smallest absolute Gasteiger partial charge is 0.255 e. The second-order valence-electron chi connectivity index (χ2n) is 5.99. The van der Waals surface area contributed by atoms with Gasteiger partial charge < -0.3 is 14.5 Å². The van der Waals surface area contributed by atoms with Crippen LogP contribution >= 0.6 is 0 Å².